The van der Waals surface area contributed by atoms with Crippen molar-refractivity contribution in [3.8, 4) is 0 Å². The lowest BCUT2D eigenvalue weighted by Crippen LogP contribution is -2.47. The molecule has 162 valence electrons. The molecule has 0 spiro atoms. The second-order valence-corrected chi connectivity index (χ2v) is 9.52. The summed E-state index contributed by atoms with van der Waals surface area (Å²) in [4.78, 5) is 16.7. The Labute approximate surface area is 188 Å². The summed E-state index contributed by atoms with van der Waals surface area (Å²) in [6.07, 6.45) is 3.58. The van der Waals surface area contributed by atoms with Crippen LogP contribution in [0.15, 0.2) is 42.5 Å². The van der Waals surface area contributed by atoms with Crippen molar-refractivity contribution < 1.29 is 4.79 Å². The monoisotopic (exact) mass is 434 g/mol. The van der Waals surface area contributed by atoms with Gasteiger partial charge in [0.2, 0.25) is 5.91 Å². The predicted octanol–water partition coefficient (Wildman–Crippen LogP) is 3.65. The molecule has 1 N–H and O–H groups in total. The Morgan fingerprint density at radius 2 is 1.90 bits per heavy atom. The molecule has 6 heteroatoms. The van der Waals surface area contributed by atoms with Crippen LogP contribution in [0.5, 0.6) is 0 Å². The van der Waals surface area contributed by atoms with E-state index < -0.39 is 0 Å². The molecule has 1 fully saturated rings. The van der Waals surface area contributed by atoms with Crippen molar-refractivity contribution in [2.75, 3.05) is 37.6 Å². The number of carbonyl (C=O) groups excluding carboxylic acids is 1. The highest BCUT2D eigenvalue weighted by molar-refractivity contribution is 7.13. The maximum absolute atomic E-state index is 11.7. The van der Waals surface area contributed by atoms with Crippen LogP contribution in [0.4, 0.5) is 5.82 Å². The van der Waals surface area contributed by atoms with Gasteiger partial charge in [-0.15, -0.1) is 0 Å². The summed E-state index contributed by atoms with van der Waals surface area (Å²) in [5.74, 6) is 1.31. The van der Waals surface area contributed by atoms with Crippen LogP contribution in [0.1, 0.15) is 30.0 Å². The van der Waals surface area contributed by atoms with Gasteiger partial charge in [0.05, 0.1) is 4.70 Å². The number of anilines is 1. The van der Waals surface area contributed by atoms with E-state index in [1.165, 1.54) is 26.8 Å². The van der Waals surface area contributed by atoms with Gasteiger partial charge in [0.25, 0.3) is 0 Å². The number of fused-ring (bicyclic) bond motifs is 2. The van der Waals surface area contributed by atoms with Crippen molar-refractivity contribution >= 4 is 33.3 Å². The molecule has 31 heavy (non-hydrogen) atoms. The number of aromatic nitrogens is 1. The van der Waals surface area contributed by atoms with Gasteiger partial charge in [0.1, 0.15) is 5.82 Å². The molecule has 0 saturated carbocycles. The third-order valence-electron chi connectivity index (χ3n) is 6.64. The van der Waals surface area contributed by atoms with Crippen LogP contribution >= 0.6 is 11.5 Å². The van der Waals surface area contributed by atoms with Crippen molar-refractivity contribution in [3.63, 3.8) is 0 Å². The fourth-order valence-electron chi connectivity index (χ4n) is 4.83. The fraction of sp³-hybridized carbons (Fsp3) is 0.440. The van der Waals surface area contributed by atoms with Gasteiger partial charge >= 0.3 is 0 Å². The van der Waals surface area contributed by atoms with E-state index in [4.69, 9.17) is 4.37 Å². The number of nitrogens with zero attached hydrogens (tertiary/aromatic N) is 3. The zero-order valence-corrected chi connectivity index (χ0v) is 19.0. The van der Waals surface area contributed by atoms with Crippen LogP contribution in [0, 0.1) is 0 Å². The Morgan fingerprint density at radius 3 is 2.74 bits per heavy atom. The molecule has 1 amide bonds. The summed E-state index contributed by atoms with van der Waals surface area (Å²) in [6.45, 7) is 7.26. The molecule has 0 radical (unpaired) electrons. The average molecular weight is 435 g/mol. The standard InChI is InChI=1S/C25H30N4OS/c1-2-24(30)26-21-16-19-8-7-18(15-20(19)17-21)9-10-28-11-13-29(14-12-28)25-22-5-3-4-6-23(22)31-27-25/h3-8,15,21H,2,9-14,16-17H2,1H3,(H,26,30). The summed E-state index contributed by atoms with van der Waals surface area (Å²) < 4.78 is 5.99. The topological polar surface area (TPSA) is 48.5 Å². The third kappa shape index (κ3) is 4.46. The summed E-state index contributed by atoms with van der Waals surface area (Å²) in [7, 11) is 0. The van der Waals surface area contributed by atoms with Crippen LogP contribution < -0.4 is 10.2 Å². The number of benzene rings is 2. The molecule has 2 heterocycles. The second kappa shape index (κ2) is 8.97. The van der Waals surface area contributed by atoms with Crippen LogP contribution in [0.25, 0.3) is 10.1 Å². The summed E-state index contributed by atoms with van der Waals surface area (Å²) in [5, 5.41) is 4.43. The van der Waals surface area contributed by atoms with Crippen molar-refractivity contribution in [2.45, 2.75) is 38.6 Å². The fourth-order valence-corrected chi connectivity index (χ4v) is 5.63. The number of hydrogen-bond acceptors (Lipinski definition) is 5. The first-order chi connectivity index (χ1) is 15.2. The van der Waals surface area contributed by atoms with Gasteiger partial charge in [-0.3, -0.25) is 9.69 Å². The Kier molecular flexibility index (Phi) is 5.92. The van der Waals surface area contributed by atoms with E-state index in [1.807, 2.05) is 6.92 Å². The molecule has 1 aromatic heterocycles. The van der Waals surface area contributed by atoms with E-state index in [1.54, 1.807) is 11.5 Å². The van der Waals surface area contributed by atoms with E-state index in [-0.39, 0.29) is 11.9 Å². The van der Waals surface area contributed by atoms with Crippen molar-refractivity contribution in [1.29, 1.82) is 0 Å². The summed E-state index contributed by atoms with van der Waals surface area (Å²) >= 11 is 1.60. The molecule has 5 nitrogen and oxygen atoms in total. The van der Waals surface area contributed by atoms with E-state index in [2.05, 4.69) is 57.6 Å². The minimum absolute atomic E-state index is 0.155. The molecular weight excluding hydrogens is 404 g/mol. The van der Waals surface area contributed by atoms with Gasteiger partial charge in [-0.05, 0) is 59.6 Å². The highest BCUT2D eigenvalue weighted by Gasteiger charge is 2.23. The Hall–Kier alpha value is -2.44. The van der Waals surface area contributed by atoms with Crippen LogP contribution in [-0.4, -0.2) is 53.9 Å². The lowest BCUT2D eigenvalue weighted by molar-refractivity contribution is -0.121. The van der Waals surface area contributed by atoms with Crippen LogP contribution in [-0.2, 0) is 24.1 Å². The molecule has 1 unspecified atom stereocenters. The van der Waals surface area contributed by atoms with Crippen molar-refractivity contribution in [1.82, 2.24) is 14.6 Å². The number of hydrogen-bond donors (Lipinski definition) is 1. The van der Waals surface area contributed by atoms with Gasteiger partial charge in [0.15, 0.2) is 0 Å². The molecule has 5 rings (SSSR count). The predicted molar refractivity (Wildman–Crippen MR) is 128 cm³/mol. The number of rotatable bonds is 6. The quantitative estimate of drug-likeness (QED) is 0.643. The SMILES string of the molecule is CCC(=O)NC1Cc2ccc(CCN3CCN(c4nsc5ccccc45)CC3)cc2C1. The molecule has 1 aliphatic heterocycles. The second-order valence-electron chi connectivity index (χ2n) is 8.71. The van der Waals surface area contributed by atoms with Crippen molar-refractivity contribution in [2.24, 2.45) is 0 Å². The van der Waals surface area contributed by atoms with E-state index in [9.17, 15) is 4.79 Å². The molecule has 2 aromatic carbocycles. The average Bonchev–Trinajstić information content (AvgIpc) is 3.41. The third-order valence-corrected chi connectivity index (χ3v) is 7.45. The number of amides is 1. The van der Waals surface area contributed by atoms with Crippen LogP contribution in [0.3, 0.4) is 0 Å². The Bertz CT molecular complexity index is 1070. The number of carbonyl (C=O) groups is 1. The zero-order chi connectivity index (χ0) is 21.2. The molecule has 0 bridgehead atoms. The Morgan fingerprint density at radius 1 is 1.10 bits per heavy atom. The minimum atomic E-state index is 0.155. The van der Waals surface area contributed by atoms with Gasteiger partial charge in [0, 0.05) is 50.6 Å². The number of piperazine rings is 1. The first-order valence-corrected chi connectivity index (χ1v) is 12.2. The van der Waals surface area contributed by atoms with Gasteiger partial charge in [-0.1, -0.05) is 37.3 Å². The lowest BCUT2D eigenvalue weighted by Gasteiger charge is -2.35. The number of nitrogens with one attached hydrogen (secondary N) is 1. The minimum Gasteiger partial charge on any atom is -0.353 e. The smallest absolute Gasteiger partial charge is 0.219 e. The highest BCUT2D eigenvalue weighted by atomic mass is 32.1. The largest absolute Gasteiger partial charge is 0.353 e. The molecule has 2 aliphatic rings. The van der Waals surface area contributed by atoms with Gasteiger partial charge < -0.3 is 10.2 Å². The zero-order valence-electron chi connectivity index (χ0n) is 18.1. The normalized spacial score (nSPS) is 19.0. The summed E-state index contributed by atoms with van der Waals surface area (Å²) in [5.41, 5.74) is 4.22. The lowest BCUT2D eigenvalue weighted by atomic mass is 10.0. The van der Waals surface area contributed by atoms with Gasteiger partial charge in [-0.2, -0.15) is 4.37 Å². The highest BCUT2D eigenvalue weighted by Crippen LogP contribution is 2.30. The maximum atomic E-state index is 11.7. The molecule has 1 aliphatic carbocycles. The van der Waals surface area contributed by atoms with E-state index in [0.29, 0.717) is 6.42 Å². The molecule has 1 saturated heterocycles. The van der Waals surface area contributed by atoms with Crippen molar-refractivity contribution in [3.05, 3.63) is 59.2 Å². The molecule has 1 atom stereocenters. The van der Waals surface area contributed by atoms with E-state index in [0.717, 1.165) is 57.8 Å². The van der Waals surface area contributed by atoms with E-state index >= 15 is 0 Å². The molecular formula is C25H30N4OS. The Balaban J connectivity index is 1.13. The first-order valence-electron chi connectivity index (χ1n) is 11.4. The maximum Gasteiger partial charge on any atom is 0.219 e. The van der Waals surface area contributed by atoms with Gasteiger partial charge in [-0.25, -0.2) is 0 Å². The molecule has 3 aromatic rings. The van der Waals surface area contributed by atoms with Crippen LogP contribution in [0.2, 0.25) is 0 Å². The first kappa shape index (κ1) is 20.5. The summed E-state index contributed by atoms with van der Waals surface area (Å²) in [6, 6.07) is 15.7.